The van der Waals surface area contributed by atoms with Crippen molar-refractivity contribution in [3.8, 4) is 0 Å². The molecule has 17 heavy (non-hydrogen) atoms. The van der Waals surface area contributed by atoms with E-state index in [0.29, 0.717) is 6.04 Å². The van der Waals surface area contributed by atoms with Crippen LogP contribution in [0.4, 0.5) is 0 Å². The molecule has 0 bridgehead atoms. The summed E-state index contributed by atoms with van der Waals surface area (Å²) in [7, 11) is 2.07. The van der Waals surface area contributed by atoms with Crippen molar-refractivity contribution in [1.82, 2.24) is 10.3 Å². The van der Waals surface area contributed by atoms with Crippen molar-refractivity contribution in [1.29, 1.82) is 0 Å². The lowest BCUT2D eigenvalue weighted by molar-refractivity contribution is 0.383. The molecule has 0 saturated carbocycles. The molecule has 0 saturated heterocycles. The second-order valence-electron chi connectivity index (χ2n) is 4.97. The van der Waals surface area contributed by atoms with E-state index in [1.54, 1.807) is 0 Å². The van der Waals surface area contributed by atoms with Gasteiger partial charge >= 0.3 is 0 Å². The SMILES string of the molecule is CCCC(C)CC(CCc1ccccn1)NC. The van der Waals surface area contributed by atoms with Gasteiger partial charge < -0.3 is 5.32 Å². The first-order valence-corrected chi connectivity index (χ1v) is 6.83. The lowest BCUT2D eigenvalue weighted by atomic mass is 9.94. The summed E-state index contributed by atoms with van der Waals surface area (Å²) in [5.41, 5.74) is 1.20. The van der Waals surface area contributed by atoms with Crippen LogP contribution in [0.5, 0.6) is 0 Å². The van der Waals surface area contributed by atoms with Gasteiger partial charge in [-0.2, -0.15) is 0 Å². The summed E-state index contributed by atoms with van der Waals surface area (Å²) in [6.07, 6.45) is 8.03. The summed E-state index contributed by atoms with van der Waals surface area (Å²) in [6.45, 7) is 4.62. The van der Waals surface area contributed by atoms with E-state index in [0.717, 1.165) is 12.3 Å². The lowest BCUT2D eigenvalue weighted by Gasteiger charge is -2.20. The molecule has 0 fully saturated rings. The van der Waals surface area contributed by atoms with Gasteiger partial charge in [0.2, 0.25) is 0 Å². The number of nitrogens with zero attached hydrogens (tertiary/aromatic N) is 1. The second-order valence-corrected chi connectivity index (χ2v) is 4.97. The molecular weight excluding hydrogens is 208 g/mol. The first-order valence-electron chi connectivity index (χ1n) is 6.83. The van der Waals surface area contributed by atoms with Crippen molar-refractivity contribution in [2.75, 3.05) is 7.05 Å². The largest absolute Gasteiger partial charge is 0.317 e. The molecule has 1 aromatic heterocycles. The maximum atomic E-state index is 4.37. The Morgan fingerprint density at radius 1 is 1.29 bits per heavy atom. The van der Waals surface area contributed by atoms with E-state index in [-0.39, 0.29) is 0 Å². The van der Waals surface area contributed by atoms with E-state index in [9.17, 15) is 0 Å². The Morgan fingerprint density at radius 2 is 2.12 bits per heavy atom. The Hall–Kier alpha value is -0.890. The zero-order valence-electron chi connectivity index (χ0n) is 11.4. The molecule has 1 rings (SSSR count). The molecule has 1 N–H and O–H groups in total. The van der Waals surface area contributed by atoms with Crippen LogP contribution in [-0.2, 0) is 6.42 Å². The average Bonchev–Trinajstić information content (AvgIpc) is 2.36. The smallest absolute Gasteiger partial charge is 0.0404 e. The predicted octanol–water partition coefficient (Wildman–Crippen LogP) is 3.43. The fourth-order valence-corrected chi connectivity index (χ4v) is 2.34. The Bertz CT molecular complexity index is 284. The summed E-state index contributed by atoms with van der Waals surface area (Å²) in [5, 5.41) is 3.43. The minimum Gasteiger partial charge on any atom is -0.317 e. The molecular formula is C15H26N2. The molecule has 1 heterocycles. The first-order chi connectivity index (χ1) is 8.26. The summed E-state index contributed by atoms with van der Waals surface area (Å²) < 4.78 is 0. The van der Waals surface area contributed by atoms with Crippen LogP contribution in [0.25, 0.3) is 0 Å². The summed E-state index contributed by atoms with van der Waals surface area (Å²) in [5.74, 6) is 0.821. The normalized spacial score (nSPS) is 14.5. The van der Waals surface area contributed by atoms with E-state index in [1.165, 1.54) is 31.4 Å². The van der Waals surface area contributed by atoms with Gasteiger partial charge in [0.25, 0.3) is 0 Å². The Balaban J connectivity index is 2.32. The van der Waals surface area contributed by atoms with Gasteiger partial charge in [-0.25, -0.2) is 0 Å². The third-order valence-electron chi connectivity index (χ3n) is 3.35. The molecule has 96 valence electrons. The van der Waals surface area contributed by atoms with Crippen LogP contribution in [0.3, 0.4) is 0 Å². The highest BCUT2D eigenvalue weighted by atomic mass is 14.9. The van der Waals surface area contributed by atoms with Gasteiger partial charge in [-0.05, 0) is 44.4 Å². The predicted molar refractivity (Wildman–Crippen MR) is 74.1 cm³/mol. The number of rotatable bonds is 8. The molecule has 0 aromatic carbocycles. The standard InChI is InChI=1S/C15H26N2/c1-4-7-13(2)12-15(16-3)10-9-14-8-5-6-11-17-14/h5-6,8,11,13,15-16H,4,7,9-10,12H2,1-3H3. The zero-order chi connectivity index (χ0) is 12.5. The van der Waals surface area contributed by atoms with E-state index in [2.05, 4.69) is 43.3 Å². The van der Waals surface area contributed by atoms with Gasteiger partial charge in [-0.3, -0.25) is 4.98 Å². The van der Waals surface area contributed by atoms with Crippen molar-refractivity contribution < 1.29 is 0 Å². The third kappa shape index (κ3) is 5.83. The average molecular weight is 234 g/mol. The van der Waals surface area contributed by atoms with Crippen LogP contribution in [0, 0.1) is 5.92 Å². The molecule has 2 heteroatoms. The van der Waals surface area contributed by atoms with Crippen LogP contribution < -0.4 is 5.32 Å². The van der Waals surface area contributed by atoms with E-state index < -0.39 is 0 Å². The molecule has 0 radical (unpaired) electrons. The molecule has 2 atom stereocenters. The van der Waals surface area contributed by atoms with Gasteiger partial charge in [-0.1, -0.05) is 32.8 Å². The van der Waals surface area contributed by atoms with E-state index in [4.69, 9.17) is 0 Å². The highest BCUT2D eigenvalue weighted by Crippen LogP contribution is 2.15. The lowest BCUT2D eigenvalue weighted by Crippen LogP contribution is -2.28. The number of pyridine rings is 1. The Morgan fingerprint density at radius 3 is 2.71 bits per heavy atom. The van der Waals surface area contributed by atoms with Crippen LogP contribution in [0.1, 0.15) is 45.2 Å². The maximum absolute atomic E-state index is 4.37. The zero-order valence-corrected chi connectivity index (χ0v) is 11.4. The second kappa shape index (κ2) is 8.24. The van der Waals surface area contributed by atoms with Gasteiger partial charge in [-0.15, -0.1) is 0 Å². The van der Waals surface area contributed by atoms with Crippen LogP contribution in [0.15, 0.2) is 24.4 Å². The summed E-state index contributed by atoms with van der Waals surface area (Å²) >= 11 is 0. The van der Waals surface area contributed by atoms with E-state index >= 15 is 0 Å². The molecule has 0 aliphatic heterocycles. The van der Waals surface area contributed by atoms with Crippen LogP contribution in [0.2, 0.25) is 0 Å². The summed E-state index contributed by atoms with van der Waals surface area (Å²) in [6, 6.07) is 6.78. The number of hydrogen-bond acceptors (Lipinski definition) is 2. The van der Waals surface area contributed by atoms with Crippen molar-refractivity contribution in [2.24, 2.45) is 5.92 Å². The van der Waals surface area contributed by atoms with E-state index in [1.807, 2.05) is 12.3 Å². The highest BCUT2D eigenvalue weighted by molar-refractivity contribution is 5.03. The molecule has 0 aliphatic rings. The monoisotopic (exact) mass is 234 g/mol. The molecule has 1 aromatic rings. The van der Waals surface area contributed by atoms with Crippen molar-refractivity contribution in [3.63, 3.8) is 0 Å². The Labute approximate surface area is 106 Å². The topological polar surface area (TPSA) is 24.9 Å². The highest BCUT2D eigenvalue weighted by Gasteiger charge is 2.11. The van der Waals surface area contributed by atoms with Gasteiger partial charge in [0, 0.05) is 17.9 Å². The van der Waals surface area contributed by atoms with Gasteiger partial charge in [0.15, 0.2) is 0 Å². The van der Waals surface area contributed by atoms with Crippen LogP contribution in [-0.4, -0.2) is 18.1 Å². The van der Waals surface area contributed by atoms with Crippen molar-refractivity contribution in [2.45, 2.75) is 52.0 Å². The summed E-state index contributed by atoms with van der Waals surface area (Å²) in [4.78, 5) is 4.37. The molecule has 2 unspecified atom stereocenters. The molecule has 0 aliphatic carbocycles. The van der Waals surface area contributed by atoms with Gasteiger partial charge in [0.1, 0.15) is 0 Å². The van der Waals surface area contributed by atoms with Crippen molar-refractivity contribution >= 4 is 0 Å². The molecule has 0 amide bonds. The first kappa shape index (κ1) is 14.2. The quantitative estimate of drug-likeness (QED) is 0.745. The minimum absolute atomic E-state index is 0.624. The third-order valence-corrected chi connectivity index (χ3v) is 3.35. The fourth-order valence-electron chi connectivity index (χ4n) is 2.34. The van der Waals surface area contributed by atoms with Crippen molar-refractivity contribution in [3.05, 3.63) is 30.1 Å². The fraction of sp³-hybridized carbons (Fsp3) is 0.667. The molecule has 2 nitrogen and oxygen atoms in total. The van der Waals surface area contributed by atoms with Gasteiger partial charge in [0.05, 0.1) is 0 Å². The minimum atomic E-state index is 0.624. The number of nitrogens with one attached hydrogen (secondary N) is 1. The molecule has 0 spiro atoms. The Kier molecular flexibility index (Phi) is 6.87. The number of hydrogen-bond donors (Lipinski definition) is 1. The van der Waals surface area contributed by atoms with Crippen LogP contribution >= 0.6 is 0 Å². The maximum Gasteiger partial charge on any atom is 0.0404 e. The number of aromatic nitrogens is 1. The number of aryl methyl sites for hydroxylation is 1.